The average Bonchev–Trinajstić information content (AvgIpc) is 2.06. The molecule has 0 aliphatic heterocycles. The monoisotopic (exact) mass is 229 g/mol. The van der Waals surface area contributed by atoms with E-state index in [2.05, 4.69) is 15.9 Å². The summed E-state index contributed by atoms with van der Waals surface area (Å²) in [6.45, 7) is 1.52. The quantitative estimate of drug-likeness (QED) is 0.339. The van der Waals surface area contributed by atoms with Crippen molar-refractivity contribution in [3.8, 4) is 0 Å². The predicted octanol–water partition coefficient (Wildman–Crippen LogP) is 2.53. The third kappa shape index (κ3) is 1.64. The van der Waals surface area contributed by atoms with Crippen LogP contribution >= 0.6 is 15.9 Å². The van der Waals surface area contributed by atoms with Crippen molar-refractivity contribution < 1.29 is 4.92 Å². The molecule has 0 aliphatic rings. The van der Waals surface area contributed by atoms with Gasteiger partial charge in [0.15, 0.2) is 0 Å². The van der Waals surface area contributed by atoms with Crippen molar-refractivity contribution in [1.29, 1.82) is 0 Å². The summed E-state index contributed by atoms with van der Waals surface area (Å²) in [6, 6.07) is 8.82. The molecule has 1 aromatic carbocycles. The minimum Gasteiger partial charge on any atom is -0.263 e. The van der Waals surface area contributed by atoms with Crippen LogP contribution in [0.5, 0.6) is 0 Å². The highest BCUT2D eigenvalue weighted by Gasteiger charge is 2.35. The summed E-state index contributed by atoms with van der Waals surface area (Å²) >= 11 is 3.06. The first kappa shape index (κ1) is 9.19. The molecule has 0 amide bonds. The first-order valence-corrected chi connectivity index (χ1v) is 4.23. The molecule has 0 heterocycles. The van der Waals surface area contributed by atoms with Crippen LogP contribution in [0.25, 0.3) is 0 Å². The Morgan fingerprint density at radius 2 is 1.92 bits per heavy atom. The number of benzene rings is 1. The summed E-state index contributed by atoms with van der Waals surface area (Å²) in [7, 11) is 0. The summed E-state index contributed by atoms with van der Waals surface area (Å²) < 4.78 is -1.17. The van der Waals surface area contributed by atoms with E-state index in [4.69, 9.17) is 0 Å². The second kappa shape index (κ2) is 3.23. The van der Waals surface area contributed by atoms with Gasteiger partial charge in [0.05, 0.1) is 0 Å². The van der Waals surface area contributed by atoms with Crippen molar-refractivity contribution in [2.75, 3.05) is 0 Å². The molecule has 0 aliphatic carbocycles. The summed E-state index contributed by atoms with van der Waals surface area (Å²) in [5.41, 5.74) is 0.648. The Morgan fingerprint density at radius 1 is 1.42 bits per heavy atom. The zero-order valence-corrected chi connectivity index (χ0v) is 8.11. The van der Waals surface area contributed by atoms with E-state index in [1.165, 1.54) is 6.92 Å². The second-order valence-electron chi connectivity index (χ2n) is 2.58. The highest BCUT2D eigenvalue weighted by atomic mass is 79.9. The van der Waals surface area contributed by atoms with Crippen LogP contribution in [0.3, 0.4) is 0 Å². The van der Waals surface area contributed by atoms with Crippen molar-refractivity contribution in [2.24, 2.45) is 0 Å². The van der Waals surface area contributed by atoms with Crippen molar-refractivity contribution in [3.05, 3.63) is 46.0 Å². The lowest BCUT2D eigenvalue weighted by atomic mass is 10.1. The highest BCUT2D eigenvalue weighted by molar-refractivity contribution is 9.09. The number of halogens is 1. The Hall–Kier alpha value is -0.900. The van der Waals surface area contributed by atoms with Gasteiger partial charge in [-0.15, -0.1) is 0 Å². The van der Waals surface area contributed by atoms with Gasteiger partial charge in [0.2, 0.25) is 0 Å². The van der Waals surface area contributed by atoms with E-state index in [1.807, 2.05) is 6.07 Å². The van der Waals surface area contributed by atoms with Gasteiger partial charge in [-0.25, -0.2) is 0 Å². The van der Waals surface area contributed by atoms with Gasteiger partial charge in [0, 0.05) is 33.3 Å². The molecule has 0 aromatic heterocycles. The normalized spacial score (nSPS) is 15.2. The molecule has 1 rings (SSSR count). The Labute approximate surface area is 78.7 Å². The van der Waals surface area contributed by atoms with Crippen molar-refractivity contribution >= 4 is 15.9 Å². The van der Waals surface area contributed by atoms with Crippen LogP contribution < -0.4 is 0 Å². The van der Waals surface area contributed by atoms with Gasteiger partial charge < -0.3 is 0 Å². The Balaban J connectivity index is 3.06. The molecule has 0 fully saturated rings. The SMILES string of the molecule is CC(Br)(c1ccccc1)[N+](=O)[O-]. The maximum atomic E-state index is 10.6. The fourth-order valence-electron chi connectivity index (χ4n) is 0.848. The van der Waals surface area contributed by atoms with Crippen molar-refractivity contribution in [1.82, 2.24) is 0 Å². The number of alkyl halides is 1. The largest absolute Gasteiger partial charge is 0.296 e. The van der Waals surface area contributed by atoms with E-state index in [-0.39, 0.29) is 4.92 Å². The van der Waals surface area contributed by atoms with Gasteiger partial charge >= 0.3 is 0 Å². The summed E-state index contributed by atoms with van der Waals surface area (Å²) in [4.78, 5) is 10.2. The van der Waals surface area contributed by atoms with E-state index in [1.54, 1.807) is 24.3 Å². The summed E-state index contributed by atoms with van der Waals surface area (Å²) in [5, 5.41) is 10.6. The van der Waals surface area contributed by atoms with Gasteiger partial charge in [-0.3, -0.25) is 10.1 Å². The van der Waals surface area contributed by atoms with E-state index >= 15 is 0 Å². The van der Waals surface area contributed by atoms with Gasteiger partial charge in [0.25, 0.3) is 4.45 Å². The molecule has 0 spiro atoms. The van der Waals surface area contributed by atoms with E-state index in [0.717, 1.165) is 0 Å². The molecule has 1 atom stereocenters. The number of nitro groups is 1. The summed E-state index contributed by atoms with van der Waals surface area (Å²) in [6.07, 6.45) is 0. The maximum Gasteiger partial charge on any atom is 0.296 e. The van der Waals surface area contributed by atoms with Crippen molar-refractivity contribution in [2.45, 2.75) is 11.4 Å². The minimum atomic E-state index is -1.17. The van der Waals surface area contributed by atoms with E-state index in [9.17, 15) is 10.1 Å². The van der Waals surface area contributed by atoms with Crippen LogP contribution in [0.4, 0.5) is 0 Å². The number of hydrogen-bond acceptors (Lipinski definition) is 2. The summed E-state index contributed by atoms with van der Waals surface area (Å²) in [5.74, 6) is 0. The van der Waals surface area contributed by atoms with Gasteiger partial charge in [-0.1, -0.05) is 30.3 Å². The fraction of sp³-hybridized carbons (Fsp3) is 0.250. The zero-order chi connectivity index (χ0) is 9.19. The lowest BCUT2D eigenvalue weighted by Gasteiger charge is -2.12. The molecule has 1 unspecified atom stereocenters. The van der Waals surface area contributed by atoms with E-state index in [0.29, 0.717) is 5.56 Å². The van der Waals surface area contributed by atoms with Gasteiger partial charge in [-0.2, -0.15) is 0 Å². The van der Waals surface area contributed by atoms with Gasteiger partial charge in [0.1, 0.15) is 0 Å². The molecule has 0 saturated carbocycles. The predicted molar refractivity (Wildman–Crippen MR) is 49.7 cm³/mol. The van der Waals surface area contributed by atoms with Crippen LogP contribution in [0.1, 0.15) is 12.5 Å². The second-order valence-corrected chi connectivity index (χ2v) is 4.12. The van der Waals surface area contributed by atoms with Crippen molar-refractivity contribution in [3.63, 3.8) is 0 Å². The molecule has 0 radical (unpaired) electrons. The molecule has 0 N–H and O–H groups in total. The average molecular weight is 230 g/mol. The van der Waals surface area contributed by atoms with Crippen LogP contribution in [0, 0.1) is 10.1 Å². The maximum absolute atomic E-state index is 10.6. The molecular weight excluding hydrogens is 222 g/mol. The van der Waals surface area contributed by atoms with Gasteiger partial charge in [-0.05, 0) is 0 Å². The lowest BCUT2D eigenvalue weighted by molar-refractivity contribution is -0.538. The fourth-order valence-corrected chi connectivity index (χ4v) is 1.11. The minimum absolute atomic E-state index is 0.359. The van der Waals surface area contributed by atoms with Crippen LogP contribution in [0.15, 0.2) is 30.3 Å². The first-order chi connectivity index (χ1) is 5.55. The standard InChI is InChI=1S/C8H8BrNO2/c1-8(9,10(11)12)7-5-3-2-4-6-7/h2-6H,1H3. The third-order valence-corrected chi connectivity index (χ3v) is 2.39. The smallest absolute Gasteiger partial charge is 0.263 e. The molecule has 64 valence electrons. The molecular formula is C8H8BrNO2. The molecule has 1 aromatic rings. The van der Waals surface area contributed by atoms with E-state index < -0.39 is 4.45 Å². The van der Waals surface area contributed by atoms with Crippen LogP contribution in [0.2, 0.25) is 0 Å². The topological polar surface area (TPSA) is 43.1 Å². The molecule has 12 heavy (non-hydrogen) atoms. The third-order valence-electron chi connectivity index (χ3n) is 1.64. The number of rotatable bonds is 2. The molecule has 3 nitrogen and oxygen atoms in total. The Kier molecular flexibility index (Phi) is 2.47. The van der Waals surface area contributed by atoms with Crippen LogP contribution in [-0.4, -0.2) is 4.92 Å². The number of nitrogens with zero attached hydrogens (tertiary/aromatic N) is 1. The Morgan fingerprint density at radius 3 is 2.33 bits per heavy atom. The molecule has 4 heteroatoms. The first-order valence-electron chi connectivity index (χ1n) is 3.44. The molecule has 0 bridgehead atoms. The number of hydrogen-bond donors (Lipinski definition) is 0. The lowest BCUT2D eigenvalue weighted by Crippen LogP contribution is -2.23. The zero-order valence-electron chi connectivity index (χ0n) is 6.53. The Bertz CT molecular complexity index is 284. The van der Waals surface area contributed by atoms with Crippen LogP contribution in [-0.2, 0) is 4.45 Å². The highest BCUT2D eigenvalue weighted by Crippen LogP contribution is 2.30. The molecule has 0 saturated heterocycles.